The third kappa shape index (κ3) is 12.4. The first-order valence-corrected chi connectivity index (χ1v) is 26.5. The van der Waals surface area contributed by atoms with Crippen molar-refractivity contribution in [3.8, 4) is 28.8 Å². The third-order valence-electron chi connectivity index (χ3n) is 9.08. The minimum Gasteiger partial charge on any atom is -0.505 e. The van der Waals surface area contributed by atoms with Gasteiger partial charge in [0.15, 0.2) is 21.5 Å². The monoisotopic (exact) mass is 1100 g/mol. The first kappa shape index (κ1) is 53.2. The Labute approximate surface area is 405 Å². The molecule has 30 nitrogen and oxygen atoms in total. The fraction of sp³-hybridized carbons (Fsp3) is 0.171. The van der Waals surface area contributed by atoms with Crippen molar-refractivity contribution in [3.05, 3.63) is 59.3 Å². The van der Waals surface area contributed by atoms with Crippen LogP contribution in [0.15, 0.2) is 92.2 Å². The number of aliphatic carboxylic acids is 1. The van der Waals surface area contributed by atoms with E-state index in [1.807, 2.05) is 0 Å². The van der Waals surface area contributed by atoms with Crippen LogP contribution in [0.2, 0.25) is 0 Å². The summed E-state index contributed by atoms with van der Waals surface area (Å²) in [5.41, 5.74) is -4.53. The summed E-state index contributed by atoms with van der Waals surface area (Å²) in [7, 11) is -20.6. The minimum absolute atomic E-state index is 0.0146. The van der Waals surface area contributed by atoms with Gasteiger partial charge in [-0.2, -0.15) is 43.5 Å². The molecule has 0 aliphatic carbocycles. The van der Waals surface area contributed by atoms with Crippen molar-refractivity contribution in [2.45, 2.75) is 39.3 Å². The molecule has 0 bridgehead atoms. The van der Waals surface area contributed by atoms with Gasteiger partial charge in [0.2, 0.25) is 5.88 Å². The van der Waals surface area contributed by atoms with Crippen molar-refractivity contribution >= 4 is 120 Å². The first-order valence-electron chi connectivity index (χ1n) is 18.7. The SMILES string of the molecule is Cc1cc(N=Nc2c(S(=O)(=O)O)cc3c(S(=O)(=O)O)c(N=Nc4c(C)nn(-c5cc(S(=O)(=O)O)cc(C(=O)O)c5O)c4O)ccc3c2O)c(OCCCS(=O)(=O)O)cc1N=Nc1nnc(SCC(=O)O)s1. The summed E-state index contributed by atoms with van der Waals surface area (Å²) in [6.07, 6.45) is -0.268. The van der Waals surface area contributed by atoms with Crippen LogP contribution in [-0.2, 0) is 45.3 Å². The maximum Gasteiger partial charge on any atom is 0.339 e. The normalized spacial score (nSPS) is 12.8. The number of aromatic hydroxyl groups is 3. The van der Waals surface area contributed by atoms with Crippen LogP contribution in [0.4, 0.5) is 33.6 Å². The molecule has 0 atom stereocenters. The van der Waals surface area contributed by atoms with E-state index in [0.717, 1.165) is 42.2 Å². The second kappa shape index (κ2) is 20.3. The summed E-state index contributed by atoms with van der Waals surface area (Å²) in [5, 5.41) is 84.9. The van der Waals surface area contributed by atoms with E-state index in [4.69, 9.17) is 14.4 Å². The van der Waals surface area contributed by atoms with Crippen LogP contribution >= 0.6 is 23.1 Å². The molecule has 71 heavy (non-hydrogen) atoms. The third-order valence-corrected chi connectivity index (χ3v) is 14.5. The van der Waals surface area contributed by atoms with Crippen LogP contribution in [0.25, 0.3) is 16.5 Å². The summed E-state index contributed by atoms with van der Waals surface area (Å²) in [6.45, 7) is 2.27. The highest BCUT2D eigenvalue weighted by atomic mass is 32.2. The Morgan fingerprint density at radius 3 is 2.01 bits per heavy atom. The Kier molecular flexibility index (Phi) is 15.2. The van der Waals surface area contributed by atoms with E-state index in [1.165, 1.54) is 19.1 Å². The van der Waals surface area contributed by atoms with Gasteiger partial charge in [0.25, 0.3) is 45.6 Å². The van der Waals surface area contributed by atoms with Gasteiger partial charge in [-0.05, 0) is 62.2 Å². The molecule has 36 heteroatoms. The molecule has 0 aliphatic heterocycles. The fourth-order valence-corrected chi connectivity index (χ4v) is 9.86. The van der Waals surface area contributed by atoms with Gasteiger partial charge in [-0.15, -0.1) is 40.9 Å². The molecule has 6 aromatic rings. The number of aromatic nitrogens is 4. The number of aryl methyl sites for hydroxylation is 2. The maximum absolute atomic E-state index is 12.9. The number of ether oxygens (including phenoxy) is 1. The lowest BCUT2D eigenvalue weighted by Crippen LogP contribution is -2.08. The molecule has 2 aromatic heterocycles. The van der Waals surface area contributed by atoms with Gasteiger partial charge in [-0.3, -0.25) is 23.0 Å². The average molecular weight is 1100 g/mol. The minimum atomic E-state index is -5.53. The number of thioether (sulfide) groups is 1. The Balaban J connectivity index is 1.44. The smallest absolute Gasteiger partial charge is 0.339 e. The van der Waals surface area contributed by atoms with E-state index in [9.17, 15) is 77.3 Å². The molecule has 0 amide bonds. The quantitative estimate of drug-likeness (QED) is 0.0191. The predicted octanol–water partition coefficient (Wildman–Crippen LogP) is 6.13. The van der Waals surface area contributed by atoms with Crippen molar-refractivity contribution in [3.63, 3.8) is 0 Å². The zero-order valence-corrected chi connectivity index (χ0v) is 40.2. The van der Waals surface area contributed by atoms with Crippen molar-refractivity contribution in [1.29, 1.82) is 0 Å². The van der Waals surface area contributed by atoms with Gasteiger partial charge in [0, 0.05) is 16.8 Å². The number of fused-ring (bicyclic) bond motifs is 1. The first-order chi connectivity index (χ1) is 32.9. The van der Waals surface area contributed by atoms with Gasteiger partial charge in [-0.25, -0.2) is 4.79 Å². The highest BCUT2D eigenvalue weighted by Crippen LogP contribution is 2.47. The number of phenolic OH excluding ortho intramolecular Hbond substituents is 1. The number of azo groups is 3. The summed E-state index contributed by atoms with van der Waals surface area (Å²) in [6, 6.07) is 5.67. The average Bonchev–Trinajstić information content (AvgIpc) is 3.83. The number of carboxylic acids is 2. The number of rotatable bonds is 19. The second-order valence-corrected chi connectivity index (χ2v) is 22.0. The second-order valence-electron chi connectivity index (χ2n) is 14.0. The highest BCUT2D eigenvalue weighted by molar-refractivity contribution is 8.01. The molecular weight excluding hydrogens is 1070 g/mol. The van der Waals surface area contributed by atoms with Crippen molar-refractivity contribution in [2.24, 2.45) is 30.7 Å². The Morgan fingerprint density at radius 1 is 0.732 bits per heavy atom. The number of benzene rings is 4. The van der Waals surface area contributed by atoms with Crippen LogP contribution in [0.1, 0.15) is 28.0 Å². The van der Waals surface area contributed by atoms with Crippen molar-refractivity contribution in [1.82, 2.24) is 20.0 Å². The van der Waals surface area contributed by atoms with E-state index in [1.54, 1.807) is 0 Å². The van der Waals surface area contributed by atoms with E-state index in [-0.39, 0.29) is 56.6 Å². The van der Waals surface area contributed by atoms with Gasteiger partial charge >= 0.3 is 11.9 Å². The number of hydrogen-bond acceptors (Lipinski definition) is 25. The van der Waals surface area contributed by atoms with Crippen LogP contribution in [0, 0.1) is 13.8 Å². The van der Waals surface area contributed by atoms with E-state index in [2.05, 4.69) is 46.0 Å². The predicted molar refractivity (Wildman–Crippen MR) is 242 cm³/mol. The van der Waals surface area contributed by atoms with Crippen LogP contribution in [-0.4, -0.2) is 127 Å². The van der Waals surface area contributed by atoms with Crippen LogP contribution in [0.3, 0.4) is 0 Å². The summed E-state index contributed by atoms with van der Waals surface area (Å²) < 4.78 is 144. The lowest BCUT2D eigenvalue weighted by molar-refractivity contribution is -0.133. The fourth-order valence-electron chi connectivity index (χ4n) is 6.00. The molecule has 4 aromatic carbocycles. The summed E-state index contributed by atoms with van der Waals surface area (Å²) >= 11 is 1.80. The topological polar surface area (TPSA) is 480 Å². The van der Waals surface area contributed by atoms with E-state index in [0.29, 0.717) is 22.9 Å². The van der Waals surface area contributed by atoms with Gasteiger partial charge < -0.3 is 30.3 Å². The zero-order chi connectivity index (χ0) is 52.5. The molecule has 0 radical (unpaired) electrons. The molecule has 0 saturated heterocycles. The molecular formula is C35H30N10O20S6. The van der Waals surface area contributed by atoms with Crippen LogP contribution < -0.4 is 4.74 Å². The summed E-state index contributed by atoms with van der Waals surface area (Å²) in [4.78, 5) is 19.0. The molecule has 0 saturated carbocycles. The molecule has 6 rings (SSSR count). The molecule has 376 valence electrons. The Bertz CT molecular complexity index is 3750. The number of nitrogens with zero attached hydrogens (tertiary/aromatic N) is 10. The number of aromatic carboxylic acids is 1. The lowest BCUT2D eigenvalue weighted by atomic mass is 10.1. The number of hydrogen-bond donors (Lipinski definition) is 9. The van der Waals surface area contributed by atoms with E-state index >= 15 is 0 Å². The standard InChI is InChI=1S/C35H30N10O20S6/c1-14-8-22(24(65-6-3-7-68(53,54)55)12-21(14)37-41-34-42-43-35(67-34)66-13-26(46)47)38-40-28-25(70(59,60)61)11-18-17(30(28)49)4-5-20(31(18)71(62,63)64)36-39-27-15(2)44-45(32(27)50)23-10-16(69(56,57)58)9-19(29(23)48)33(51)52/h4-5,8-12,48-50H,3,6-7,13H2,1-2H3,(H,46,47)(H,51,52)(H,53,54,55)(H,56,57,58)(H,59,60,61)(H,62,63,64). The lowest BCUT2D eigenvalue weighted by Gasteiger charge is -2.13. The zero-order valence-electron chi connectivity index (χ0n) is 35.3. The van der Waals surface area contributed by atoms with Gasteiger partial charge in [0.05, 0.1) is 34.4 Å². The van der Waals surface area contributed by atoms with Crippen molar-refractivity contribution < 1.29 is 91.7 Å². The molecule has 9 N–H and O–H groups in total. The number of carbonyl (C=O) groups is 2. The maximum atomic E-state index is 12.9. The van der Waals surface area contributed by atoms with Gasteiger partial charge in [0.1, 0.15) is 43.9 Å². The summed E-state index contributed by atoms with van der Waals surface area (Å²) in [5.74, 6) is -7.61. The molecule has 0 fully saturated rings. The largest absolute Gasteiger partial charge is 0.505 e. The molecule has 2 heterocycles. The molecule has 0 spiro atoms. The molecule has 0 aliphatic rings. The van der Waals surface area contributed by atoms with Gasteiger partial charge in [-0.1, -0.05) is 23.1 Å². The molecule has 0 unspecified atom stereocenters. The van der Waals surface area contributed by atoms with Crippen LogP contribution in [0.5, 0.6) is 23.1 Å². The van der Waals surface area contributed by atoms with E-state index < -0.39 is 129 Å². The Morgan fingerprint density at radius 2 is 1.39 bits per heavy atom. The Hall–Kier alpha value is -7.16. The highest BCUT2D eigenvalue weighted by Gasteiger charge is 2.30. The van der Waals surface area contributed by atoms with Crippen molar-refractivity contribution in [2.75, 3.05) is 18.1 Å². The number of phenols is 2. The number of carboxylic acid groups (broad SMARTS) is 2.